The number of carbonyl (C=O) groups is 1. The fourth-order valence-electron chi connectivity index (χ4n) is 3.68. The van der Waals surface area contributed by atoms with E-state index >= 15 is 0 Å². The van der Waals surface area contributed by atoms with E-state index < -0.39 is 5.97 Å². The Hall–Kier alpha value is -0.830. The standard InChI is InChI=1S/C20H36O3/c1-2-3-6-13-19(21)16-15-18-12-9-11-17(18)10-7-4-5-8-14-20(22)23/h15-19,21H,2-14H2,1H3,(H,22,23)/b16-15+/t17?,18?,19-/m0/s1. The average molecular weight is 325 g/mol. The second-order valence-corrected chi connectivity index (χ2v) is 7.15. The van der Waals surface area contributed by atoms with E-state index in [1.54, 1.807) is 0 Å². The van der Waals surface area contributed by atoms with Crippen LogP contribution in [0, 0.1) is 11.8 Å². The van der Waals surface area contributed by atoms with Crippen LogP contribution >= 0.6 is 0 Å². The minimum absolute atomic E-state index is 0.265. The van der Waals surface area contributed by atoms with E-state index in [-0.39, 0.29) is 6.10 Å². The van der Waals surface area contributed by atoms with Crippen LogP contribution in [0.3, 0.4) is 0 Å². The Morgan fingerprint density at radius 2 is 1.91 bits per heavy atom. The van der Waals surface area contributed by atoms with Gasteiger partial charge < -0.3 is 10.2 Å². The Bertz CT molecular complexity index is 338. The van der Waals surface area contributed by atoms with Gasteiger partial charge in [0.2, 0.25) is 0 Å². The molecule has 1 aliphatic rings. The van der Waals surface area contributed by atoms with Gasteiger partial charge in [-0.1, -0.05) is 64.0 Å². The highest BCUT2D eigenvalue weighted by molar-refractivity contribution is 5.66. The molecule has 0 amide bonds. The Kier molecular flexibility index (Phi) is 11.1. The molecule has 2 N–H and O–H groups in total. The Labute approximate surface area is 142 Å². The van der Waals surface area contributed by atoms with Crippen molar-refractivity contribution in [3.05, 3.63) is 12.2 Å². The molecule has 134 valence electrons. The molecule has 1 fully saturated rings. The molecule has 0 spiro atoms. The SMILES string of the molecule is CCCCC[C@H](O)/C=C/C1CCCC1CCCCCCC(=O)O. The lowest BCUT2D eigenvalue weighted by atomic mass is 9.89. The minimum Gasteiger partial charge on any atom is -0.481 e. The van der Waals surface area contributed by atoms with Crippen LogP contribution in [0.1, 0.15) is 90.4 Å². The van der Waals surface area contributed by atoms with E-state index in [0.717, 1.165) is 38.0 Å². The van der Waals surface area contributed by atoms with E-state index in [1.807, 2.05) is 6.08 Å². The second kappa shape index (κ2) is 12.6. The summed E-state index contributed by atoms with van der Waals surface area (Å²) in [4.78, 5) is 10.5. The van der Waals surface area contributed by atoms with Gasteiger partial charge in [0.1, 0.15) is 0 Å². The molecule has 23 heavy (non-hydrogen) atoms. The summed E-state index contributed by atoms with van der Waals surface area (Å²) < 4.78 is 0. The molecule has 3 heteroatoms. The molecule has 1 aliphatic carbocycles. The van der Waals surface area contributed by atoms with E-state index in [2.05, 4.69) is 13.0 Å². The number of hydrogen-bond donors (Lipinski definition) is 2. The highest BCUT2D eigenvalue weighted by Crippen LogP contribution is 2.36. The van der Waals surface area contributed by atoms with Crippen LogP contribution in [0.15, 0.2) is 12.2 Å². The van der Waals surface area contributed by atoms with Gasteiger partial charge in [-0.25, -0.2) is 0 Å². The number of carboxylic acids is 1. The molecule has 3 nitrogen and oxygen atoms in total. The average Bonchev–Trinajstić information content (AvgIpc) is 2.96. The van der Waals surface area contributed by atoms with Gasteiger partial charge >= 0.3 is 5.97 Å². The maximum absolute atomic E-state index is 10.5. The monoisotopic (exact) mass is 324 g/mol. The first-order valence-electron chi connectivity index (χ1n) is 9.71. The van der Waals surface area contributed by atoms with E-state index in [9.17, 15) is 9.90 Å². The van der Waals surface area contributed by atoms with Crippen molar-refractivity contribution < 1.29 is 15.0 Å². The molecule has 0 heterocycles. The summed E-state index contributed by atoms with van der Waals surface area (Å²) in [6.07, 6.45) is 18.1. The summed E-state index contributed by atoms with van der Waals surface area (Å²) in [5.41, 5.74) is 0. The Balaban J connectivity index is 2.16. The molecule has 1 rings (SSSR count). The van der Waals surface area contributed by atoms with Crippen LogP contribution in [0.5, 0.6) is 0 Å². The van der Waals surface area contributed by atoms with Gasteiger partial charge in [-0.2, -0.15) is 0 Å². The highest BCUT2D eigenvalue weighted by Gasteiger charge is 2.24. The maximum Gasteiger partial charge on any atom is 0.303 e. The minimum atomic E-state index is -0.677. The molecule has 3 atom stereocenters. The number of carboxylic acid groups (broad SMARTS) is 1. The van der Waals surface area contributed by atoms with Gasteiger partial charge in [-0.3, -0.25) is 4.79 Å². The van der Waals surface area contributed by atoms with Gasteiger partial charge in [0, 0.05) is 6.42 Å². The van der Waals surface area contributed by atoms with Gasteiger partial charge in [-0.15, -0.1) is 0 Å². The number of unbranched alkanes of at least 4 members (excludes halogenated alkanes) is 5. The number of aliphatic carboxylic acids is 1. The molecule has 0 saturated heterocycles. The van der Waals surface area contributed by atoms with Crippen LogP contribution in [0.4, 0.5) is 0 Å². The molecule has 0 aromatic heterocycles. The first-order chi connectivity index (χ1) is 11.1. The van der Waals surface area contributed by atoms with Gasteiger partial charge in [0.05, 0.1) is 6.10 Å². The smallest absolute Gasteiger partial charge is 0.303 e. The van der Waals surface area contributed by atoms with Crippen LogP contribution in [-0.4, -0.2) is 22.3 Å². The predicted octanol–water partition coefficient (Wildman–Crippen LogP) is 5.33. The summed E-state index contributed by atoms with van der Waals surface area (Å²) in [6.45, 7) is 2.19. The normalized spacial score (nSPS) is 22.7. The van der Waals surface area contributed by atoms with Crippen molar-refractivity contribution in [2.75, 3.05) is 0 Å². The largest absolute Gasteiger partial charge is 0.481 e. The number of hydrogen-bond acceptors (Lipinski definition) is 2. The molecule has 0 radical (unpaired) electrons. The number of aliphatic hydroxyl groups is 1. The third-order valence-corrected chi connectivity index (χ3v) is 5.12. The summed E-state index contributed by atoms with van der Waals surface area (Å²) in [7, 11) is 0. The van der Waals surface area contributed by atoms with Crippen LogP contribution in [0.25, 0.3) is 0 Å². The number of rotatable bonds is 13. The van der Waals surface area contributed by atoms with Crippen LogP contribution in [0.2, 0.25) is 0 Å². The zero-order valence-corrected chi connectivity index (χ0v) is 14.9. The van der Waals surface area contributed by atoms with Crippen molar-refractivity contribution in [3.8, 4) is 0 Å². The molecular weight excluding hydrogens is 288 g/mol. The zero-order chi connectivity index (χ0) is 16.9. The Morgan fingerprint density at radius 3 is 2.65 bits per heavy atom. The third-order valence-electron chi connectivity index (χ3n) is 5.12. The molecule has 1 saturated carbocycles. The molecule has 2 unspecified atom stereocenters. The highest BCUT2D eigenvalue weighted by atomic mass is 16.4. The summed E-state index contributed by atoms with van der Waals surface area (Å²) in [5.74, 6) is 0.742. The topological polar surface area (TPSA) is 57.5 Å². The predicted molar refractivity (Wildman–Crippen MR) is 95.5 cm³/mol. The first-order valence-corrected chi connectivity index (χ1v) is 9.71. The first kappa shape index (κ1) is 20.2. The van der Waals surface area contributed by atoms with Crippen molar-refractivity contribution in [3.63, 3.8) is 0 Å². The van der Waals surface area contributed by atoms with Crippen LogP contribution < -0.4 is 0 Å². The van der Waals surface area contributed by atoms with E-state index in [1.165, 1.54) is 44.9 Å². The summed E-state index contributed by atoms with van der Waals surface area (Å²) >= 11 is 0. The van der Waals surface area contributed by atoms with Gasteiger partial charge in [0.15, 0.2) is 0 Å². The van der Waals surface area contributed by atoms with E-state index in [4.69, 9.17) is 5.11 Å². The second-order valence-electron chi connectivity index (χ2n) is 7.15. The van der Waals surface area contributed by atoms with E-state index in [0.29, 0.717) is 12.3 Å². The summed E-state index contributed by atoms with van der Waals surface area (Å²) in [6, 6.07) is 0. The molecule has 0 aromatic rings. The van der Waals surface area contributed by atoms with Crippen molar-refractivity contribution in [1.29, 1.82) is 0 Å². The molecule has 0 aromatic carbocycles. The van der Waals surface area contributed by atoms with Crippen LogP contribution in [-0.2, 0) is 4.79 Å². The number of aliphatic hydroxyl groups excluding tert-OH is 1. The zero-order valence-electron chi connectivity index (χ0n) is 14.9. The quantitative estimate of drug-likeness (QED) is 0.356. The van der Waals surface area contributed by atoms with Crippen molar-refractivity contribution in [1.82, 2.24) is 0 Å². The molecule has 0 bridgehead atoms. The fourth-order valence-corrected chi connectivity index (χ4v) is 3.68. The van der Waals surface area contributed by atoms with Crippen molar-refractivity contribution in [2.45, 2.75) is 96.5 Å². The summed E-state index contributed by atoms with van der Waals surface area (Å²) in [5, 5.41) is 18.6. The third kappa shape index (κ3) is 9.80. The van der Waals surface area contributed by atoms with Crippen molar-refractivity contribution in [2.24, 2.45) is 11.8 Å². The lowest BCUT2D eigenvalue weighted by molar-refractivity contribution is -0.137. The van der Waals surface area contributed by atoms with Crippen molar-refractivity contribution >= 4 is 5.97 Å². The molecular formula is C20H36O3. The van der Waals surface area contributed by atoms with Gasteiger partial charge in [-0.05, 0) is 43.9 Å². The Morgan fingerprint density at radius 1 is 1.13 bits per heavy atom. The molecule has 0 aliphatic heterocycles. The lowest BCUT2D eigenvalue weighted by Crippen LogP contribution is -2.08. The maximum atomic E-state index is 10.5. The fraction of sp³-hybridized carbons (Fsp3) is 0.850. The number of allylic oxidation sites excluding steroid dienone is 1. The lowest BCUT2D eigenvalue weighted by Gasteiger charge is -2.16. The van der Waals surface area contributed by atoms with Gasteiger partial charge in [0.25, 0.3) is 0 Å².